The second-order valence-electron chi connectivity index (χ2n) is 7.13. The maximum Gasteiger partial charge on any atom is 0.163 e. The zero-order valence-corrected chi connectivity index (χ0v) is 12.7. The number of ketones is 1. The van der Waals surface area contributed by atoms with Crippen molar-refractivity contribution in [2.45, 2.75) is 77.1 Å². The number of aliphatic hydroxyl groups is 3. The van der Waals surface area contributed by atoms with Gasteiger partial charge in [-0.25, -0.2) is 0 Å². The van der Waals surface area contributed by atoms with Crippen LogP contribution < -0.4 is 0 Å². The molecule has 19 heavy (non-hydrogen) atoms. The molecule has 1 saturated carbocycles. The monoisotopic (exact) mass is 272 g/mol. The van der Waals surface area contributed by atoms with E-state index in [1.165, 1.54) is 13.8 Å². The van der Waals surface area contributed by atoms with Gasteiger partial charge in [0, 0.05) is 6.42 Å². The smallest absolute Gasteiger partial charge is 0.163 e. The van der Waals surface area contributed by atoms with E-state index in [1.807, 2.05) is 6.92 Å². The average Bonchev–Trinajstić information content (AvgIpc) is 2.50. The van der Waals surface area contributed by atoms with Gasteiger partial charge in [-0.2, -0.15) is 0 Å². The van der Waals surface area contributed by atoms with Gasteiger partial charge in [0.25, 0.3) is 0 Å². The highest BCUT2D eigenvalue weighted by Crippen LogP contribution is 2.46. The molecule has 0 spiro atoms. The highest BCUT2D eigenvalue weighted by Gasteiger charge is 2.48. The molecule has 0 aromatic heterocycles. The van der Waals surface area contributed by atoms with Gasteiger partial charge in [0.15, 0.2) is 5.78 Å². The Labute approximate surface area is 115 Å². The first-order valence-corrected chi connectivity index (χ1v) is 7.08. The average molecular weight is 272 g/mol. The van der Waals surface area contributed by atoms with Crippen LogP contribution in [0.5, 0.6) is 0 Å². The summed E-state index contributed by atoms with van der Waals surface area (Å²) in [6.45, 7) is 8.41. The van der Waals surface area contributed by atoms with Crippen molar-refractivity contribution in [3.63, 3.8) is 0 Å². The van der Waals surface area contributed by atoms with Crippen molar-refractivity contribution in [3.8, 4) is 0 Å². The Bertz CT molecular complexity index is 339. The Kier molecular flexibility index (Phi) is 4.50. The van der Waals surface area contributed by atoms with Crippen LogP contribution in [0.1, 0.15) is 60.3 Å². The molecule has 1 rings (SSSR count). The van der Waals surface area contributed by atoms with Gasteiger partial charge in [0.2, 0.25) is 0 Å². The first-order chi connectivity index (χ1) is 8.38. The molecular formula is C15H28O4. The van der Waals surface area contributed by atoms with E-state index in [1.54, 1.807) is 13.8 Å². The number of Topliss-reactive ketones (excluding diaryl/α,β-unsaturated/α-hetero) is 1. The Morgan fingerprint density at radius 3 is 2.21 bits per heavy atom. The van der Waals surface area contributed by atoms with Crippen LogP contribution in [0.15, 0.2) is 0 Å². The second-order valence-corrected chi connectivity index (χ2v) is 7.13. The highest BCUT2D eigenvalue weighted by atomic mass is 16.3. The summed E-state index contributed by atoms with van der Waals surface area (Å²) in [5.41, 5.74) is -3.07. The minimum absolute atomic E-state index is 0.000242. The summed E-state index contributed by atoms with van der Waals surface area (Å²) in [7, 11) is 0. The summed E-state index contributed by atoms with van der Waals surface area (Å²) < 4.78 is 0. The Morgan fingerprint density at radius 1 is 1.32 bits per heavy atom. The molecule has 1 unspecified atom stereocenters. The lowest BCUT2D eigenvalue weighted by Crippen LogP contribution is -2.42. The van der Waals surface area contributed by atoms with Gasteiger partial charge in [-0.3, -0.25) is 4.79 Å². The molecule has 4 atom stereocenters. The maximum absolute atomic E-state index is 11.7. The summed E-state index contributed by atoms with van der Waals surface area (Å²) in [6.07, 6.45) is 1.91. The van der Waals surface area contributed by atoms with E-state index in [2.05, 4.69) is 0 Å². The third-order valence-corrected chi connectivity index (χ3v) is 4.89. The van der Waals surface area contributed by atoms with E-state index < -0.39 is 16.8 Å². The fourth-order valence-corrected chi connectivity index (χ4v) is 3.07. The van der Waals surface area contributed by atoms with Gasteiger partial charge in [-0.1, -0.05) is 6.92 Å². The van der Waals surface area contributed by atoms with Crippen LogP contribution in [0.25, 0.3) is 0 Å². The van der Waals surface area contributed by atoms with Crippen LogP contribution in [0.4, 0.5) is 0 Å². The standard InChI is InChI=1S/C15H28O4/c1-10-11(6-8-14(10,4)18)15(5,19)9-7-12(16)13(2,3)17/h10-11,17-19H,6-9H2,1-5H3/t10-,11+,14+,15?/m1/s1. The van der Waals surface area contributed by atoms with Crippen LogP contribution in [-0.2, 0) is 4.79 Å². The molecule has 0 aliphatic heterocycles. The van der Waals surface area contributed by atoms with Crippen LogP contribution in [0.2, 0.25) is 0 Å². The van der Waals surface area contributed by atoms with Crippen molar-refractivity contribution in [1.82, 2.24) is 0 Å². The molecule has 0 aromatic carbocycles. The molecule has 4 nitrogen and oxygen atoms in total. The van der Waals surface area contributed by atoms with E-state index in [4.69, 9.17) is 0 Å². The van der Waals surface area contributed by atoms with E-state index in [0.717, 1.165) is 6.42 Å². The molecule has 0 amide bonds. The van der Waals surface area contributed by atoms with Crippen molar-refractivity contribution in [1.29, 1.82) is 0 Å². The molecule has 1 aliphatic rings. The second kappa shape index (κ2) is 5.15. The minimum atomic E-state index is -1.34. The van der Waals surface area contributed by atoms with Crippen LogP contribution in [0, 0.1) is 11.8 Å². The summed E-state index contributed by atoms with van der Waals surface area (Å²) in [5.74, 6) is -0.276. The largest absolute Gasteiger partial charge is 0.390 e. The predicted molar refractivity (Wildman–Crippen MR) is 73.7 cm³/mol. The van der Waals surface area contributed by atoms with Gasteiger partial charge >= 0.3 is 0 Å². The van der Waals surface area contributed by atoms with Crippen molar-refractivity contribution >= 4 is 5.78 Å². The fraction of sp³-hybridized carbons (Fsp3) is 0.933. The van der Waals surface area contributed by atoms with Gasteiger partial charge < -0.3 is 15.3 Å². The van der Waals surface area contributed by atoms with Gasteiger partial charge in [-0.05, 0) is 58.8 Å². The fourth-order valence-electron chi connectivity index (χ4n) is 3.07. The first kappa shape index (κ1) is 16.6. The Morgan fingerprint density at radius 2 is 1.84 bits per heavy atom. The van der Waals surface area contributed by atoms with E-state index in [0.29, 0.717) is 12.8 Å². The normalized spacial score (nSPS) is 35.2. The van der Waals surface area contributed by atoms with Gasteiger partial charge in [-0.15, -0.1) is 0 Å². The molecule has 0 heterocycles. The first-order valence-electron chi connectivity index (χ1n) is 7.08. The number of carbonyl (C=O) groups is 1. The topological polar surface area (TPSA) is 77.8 Å². The van der Waals surface area contributed by atoms with Gasteiger partial charge in [0.05, 0.1) is 11.2 Å². The van der Waals surface area contributed by atoms with Crippen LogP contribution in [-0.4, -0.2) is 37.9 Å². The summed E-state index contributed by atoms with van der Waals surface area (Å²) in [4.78, 5) is 11.7. The zero-order valence-electron chi connectivity index (χ0n) is 12.7. The molecule has 0 radical (unpaired) electrons. The van der Waals surface area contributed by atoms with E-state index in [-0.39, 0.29) is 24.0 Å². The van der Waals surface area contributed by atoms with Crippen molar-refractivity contribution in [2.75, 3.05) is 0 Å². The third kappa shape index (κ3) is 3.77. The molecule has 3 N–H and O–H groups in total. The molecule has 1 aliphatic carbocycles. The molecular weight excluding hydrogens is 244 g/mol. The Hall–Kier alpha value is -0.450. The van der Waals surface area contributed by atoms with Crippen molar-refractivity contribution in [2.24, 2.45) is 11.8 Å². The lowest BCUT2D eigenvalue weighted by molar-refractivity contribution is -0.136. The molecule has 0 saturated heterocycles. The summed E-state index contributed by atoms with van der Waals surface area (Å²) in [6, 6.07) is 0. The maximum atomic E-state index is 11.7. The van der Waals surface area contributed by atoms with Crippen LogP contribution >= 0.6 is 0 Å². The zero-order chi connectivity index (χ0) is 15.1. The van der Waals surface area contributed by atoms with E-state index >= 15 is 0 Å². The molecule has 1 fully saturated rings. The SMILES string of the molecule is C[C@@H]1[C@@H](C(C)(O)CCC(=O)C(C)(C)O)CC[C@]1(C)O. The van der Waals surface area contributed by atoms with Gasteiger partial charge in [0.1, 0.15) is 5.60 Å². The number of hydrogen-bond acceptors (Lipinski definition) is 4. The van der Waals surface area contributed by atoms with E-state index in [9.17, 15) is 20.1 Å². The molecule has 0 bridgehead atoms. The third-order valence-electron chi connectivity index (χ3n) is 4.89. The number of carbonyl (C=O) groups excluding carboxylic acids is 1. The lowest BCUT2D eigenvalue weighted by Gasteiger charge is -2.36. The molecule has 112 valence electrons. The Balaban J connectivity index is 2.65. The van der Waals surface area contributed by atoms with Crippen molar-refractivity contribution in [3.05, 3.63) is 0 Å². The number of hydrogen-bond donors (Lipinski definition) is 3. The quantitative estimate of drug-likeness (QED) is 0.711. The summed E-state index contributed by atoms with van der Waals surface area (Å²) >= 11 is 0. The van der Waals surface area contributed by atoms with Crippen LogP contribution in [0.3, 0.4) is 0 Å². The lowest BCUT2D eigenvalue weighted by atomic mass is 9.76. The van der Waals surface area contributed by atoms with Crippen molar-refractivity contribution < 1.29 is 20.1 Å². The molecule has 0 aromatic rings. The number of rotatable bonds is 5. The minimum Gasteiger partial charge on any atom is -0.390 e. The molecule has 4 heteroatoms. The predicted octanol–water partition coefficient (Wildman–Crippen LogP) is 1.65. The summed E-state index contributed by atoms with van der Waals surface area (Å²) in [5, 5.41) is 30.4. The highest BCUT2D eigenvalue weighted by molar-refractivity contribution is 5.86.